The van der Waals surface area contributed by atoms with Crippen LogP contribution in [-0.4, -0.2) is 52.9 Å². The van der Waals surface area contributed by atoms with Gasteiger partial charge in [-0.25, -0.2) is 4.39 Å². The Morgan fingerprint density at radius 1 is 1.00 bits per heavy atom. The van der Waals surface area contributed by atoms with Gasteiger partial charge in [-0.15, -0.1) is 10.2 Å². The number of rotatable bonds is 6. The molecule has 1 aromatic carbocycles. The van der Waals surface area contributed by atoms with Crippen LogP contribution >= 0.6 is 11.3 Å². The van der Waals surface area contributed by atoms with Crippen LogP contribution in [0.15, 0.2) is 42.6 Å². The molecule has 0 atom stereocenters. The number of hydrogen-bond donors (Lipinski definition) is 1. The van der Waals surface area contributed by atoms with Crippen LogP contribution in [0.2, 0.25) is 0 Å². The van der Waals surface area contributed by atoms with Gasteiger partial charge < -0.3 is 15.1 Å². The predicted molar refractivity (Wildman–Crippen MR) is 106 cm³/mol. The van der Waals surface area contributed by atoms with Gasteiger partial charge in [0.25, 0.3) is 0 Å². The summed E-state index contributed by atoms with van der Waals surface area (Å²) in [5.41, 5.74) is 2.18. The first kappa shape index (κ1) is 18.1. The highest BCUT2D eigenvalue weighted by molar-refractivity contribution is 7.17. The molecule has 3 aromatic rings. The van der Waals surface area contributed by atoms with E-state index in [1.165, 1.54) is 12.1 Å². The summed E-state index contributed by atoms with van der Waals surface area (Å²) < 4.78 is 15.1. The standard InChI is InChI=1S/C19H23FN6S/c1-24-9-11-25(12-10-24)18-22-23-19(27-18)26-8-2-3-17(26)14-21-13-15-4-6-16(20)7-5-15/h2-8,21H,9-14H2,1H3. The summed E-state index contributed by atoms with van der Waals surface area (Å²) in [6.45, 7) is 5.47. The molecule has 2 aromatic heterocycles. The lowest BCUT2D eigenvalue weighted by molar-refractivity contribution is 0.312. The first-order valence-corrected chi connectivity index (χ1v) is 9.89. The number of anilines is 1. The Morgan fingerprint density at radius 3 is 2.52 bits per heavy atom. The molecular weight excluding hydrogens is 363 g/mol. The van der Waals surface area contributed by atoms with Gasteiger partial charge in [0.2, 0.25) is 10.3 Å². The van der Waals surface area contributed by atoms with Gasteiger partial charge in [-0.3, -0.25) is 4.57 Å². The Morgan fingerprint density at radius 2 is 1.74 bits per heavy atom. The van der Waals surface area contributed by atoms with E-state index < -0.39 is 0 Å². The SMILES string of the molecule is CN1CCN(c2nnc(-n3cccc3CNCc3ccc(F)cc3)s2)CC1. The summed E-state index contributed by atoms with van der Waals surface area (Å²) in [5, 5.41) is 14.1. The van der Waals surface area contributed by atoms with Crippen molar-refractivity contribution >= 4 is 16.5 Å². The molecule has 0 bridgehead atoms. The van der Waals surface area contributed by atoms with E-state index in [0.29, 0.717) is 13.1 Å². The molecule has 0 saturated carbocycles. The third-order valence-electron chi connectivity index (χ3n) is 4.77. The Balaban J connectivity index is 1.39. The molecule has 1 aliphatic rings. The van der Waals surface area contributed by atoms with Crippen LogP contribution in [0.5, 0.6) is 0 Å². The van der Waals surface area contributed by atoms with Gasteiger partial charge in [-0.05, 0) is 36.9 Å². The molecule has 27 heavy (non-hydrogen) atoms. The maximum atomic E-state index is 13.0. The summed E-state index contributed by atoms with van der Waals surface area (Å²) in [6.07, 6.45) is 2.02. The second kappa shape index (κ2) is 8.16. The highest BCUT2D eigenvalue weighted by atomic mass is 32.1. The number of likely N-dealkylation sites (N-methyl/N-ethyl adjacent to an activating group) is 1. The van der Waals surface area contributed by atoms with Crippen molar-refractivity contribution in [1.82, 2.24) is 25.0 Å². The van der Waals surface area contributed by atoms with E-state index in [9.17, 15) is 4.39 Å². The minimum absolute atomic E-state index is 0.208. The highest BCUT2D eigenvalue weighted by Crippen LogP contribution is 2.25. The van der Waals surface area contributed by atoms with Crippen LogP contribution in [-0.2, 0) is 13.1 Å². The minimum atomic E-state index is -0.208. The number of nitrogens with one attached hydrogen (secondary N) is 1. The Bertz CT molecular complexity index is 866. The normalized spacial score (nSPS) is 15.4. The molecule has 6 nitrogen and oxygen atoms in total. The van der Waals surface area contributed by atoms with Crippen molar-refractivity contribution in [2.24, 2.45) is 0 Å². The van der Waals surface area contributed by atoms with Crippen LogP contribution in [0.3, 0.4) is 0 Å². The summed E-state index contributed by atoms with van der Waals surface area (Å²) in [7, 11) is 2.15. The van der Waals surface area contributed by atoms with Crippen molar-refractivity contribution in [3.63, 3.8) is 0 Å². The quantitative estimate of drug-likeness (QED) is 0.705. The van der Waals surface area contributed by atoms with Gasteiger partial charge in [0.15, 0.2) is 0 Å². The topological polar surface area (TPSA) is 49.2 Å². The van der Waals surface area contributed by atoms with E-state index in [2.05, 4.69) is 43.0 Å². The maximum absolute atomic E-state index is 13.0. The molecule has 4 rings (SSSR count). The summed E-state index contributed by atoms with van der Waals surface area (Å²) in [6, 6.07) is 10.7. The molecule has 0 radical (unpaired) electrons. The lowest BCUT2D eigenvalue weighted by Gasteiger charge is -2.31. The van der Waals surface area contributed by atoms with Crippen molar-refractivity contribution in [3.8, 4) is 5.13 Å². The zero-order chi connectivity index (χ0) is 18.6. The average Bonchev–Trinajstić information content (AvgIpc) is 3.33. The van der Waals surface area contributed by atoms with Crippen LogP contribution in [0.1, 0.15) is 11.3 Å². The van der Waals surface area contributed by atoms with Crippen molar-refractivity contribution in [2.45, 2.75) is 13.1 Å². The summed E-state index contributed by atoms with van der Waals surface area (Å²) in [4.78, 5) is 4.63. The van der Waals surface area contributed by atoms with Crippen molar-refractivity contribution in [3.05, 3.63) is 59.7 Å². The summed E-state index contributed by atoms with van der Waals surface area (Å²) >= 11 is 1.62. The van der Waals surface area contributed by atoms with Crippen LogP contribution in [0.25, 0.3) is 5.13 Å². The fourth-order valence-corrected chi connectivity index (χ4v) is 4.03. The second-order valence-electron chi connectivity index (χ2n) is 6.76. The number of nitrogens with zero attached hydrogens (tertiary/aromatic N) is 5. The van der Waals surface area contributed by atoms with E-state index >= 15 is 0 Å². The fourth-order valence-electron chi connectivity index (χ4n) is 3.11. The van der Waals surface area contributed by atoms with Crippen molar-refractivity contribution in [1.29, 1.82) is 0 Å². The number of benzene rings is 1. The Hall–Kier alpha value is -2.29. The molecule has 1 N–H and O–H groups in total. The zero-order valence-electron chi connectivity index (χ0n) is 15.3. The molecular formula is C19H23FN6S. The molecule has 0 aliphatic carbocycles. The highest BCUT2D eigenvalue weighted by Gasteiger charge is 2.18. The molecule has 0 amide bonds. The van der Waals surface area contributed by atoms with E-state index in [0.717, 1.165) is 47.7 Å². The first-order valence-electron chi connectivity index (χ1n) is 9.08. The van der Waals surface area contributed by atoms with E-state index in [4.69, 9.17) is 0 Å². The summed E-state index contributed by atoms with van der Waals surface area (Å²) in [5.74, 6) is -0.208. The monoisotopic (exact) mass is 386 g/mol. The maximum Gasteiger partial charge on any atom is 0.218 e. The van der Waals surface area contributed by atoms with Crippen LogP contribution < -0.4 is 10.2 Å². The lowest BCUT2D eigenvalue weighted by atomic mass is 10.2. The lowest BCUT2D eigenvalue weighted by Crippen LogP contribution is -2.44. The Labute approximate surface area is 162 Å². The fraction of sp³-hybridized carbons (Fsp3) is 0.368. The van der Waals surface area contributed by atoms with Crippen LogP contribution in [0.4, 0.5) is 9.52 Å². The van der Waals surface area contributed by atoms with E-state index in [1.807, 2.05) is 12.3 Å². The number of hydrogen-bond acceptors (Lipinski definition) is 6. The van der Waals surface area contributed by atoms with E-state index in [1.54, 1.807) is 23.5 Å². The largest absolute Gasteiger partial charge is 0.344 e. The van der Waals surface area contributed by atoms with Gasteiger partial charge in [-0.1, -0.05) is 23.5 Å². The third kappa shape index (κ3) is 4.35. The van der Waals surface area contributed by atoms with Gasteiger partial charge in [0, 0.05) is 51.2 Å². The second-order valence-corrected chi connectivity index (χ2v) is 7.69. The molecule has 0 unspecified atom stereocenters. The molecule has 8 heteroatoms. The number of halogens is 1. The minimum Gasteiger partial charge on any atom is -0.344 e. The molecule has 1 aliphatic heterocycles. The molecule has 0 spiro atoms. The van der Waals surface area contributed by atoms with Gasteiger partial charge >= 0.3 is 0 Å². The number of piperazine rings is 1. The van der Waals surface area contributed by atoms with Crippen molar-refractivity contribution < 1.29 is 4.39 Å². The smallest absolute Gasteiger partial charge is 0.218 e. The number of aromatic nitrogens is 3. The first-order chi connectivity index (χ1) is 13.2. The molecule has 1 fully saturated rings. The van der Waals surface area contributed by atoms with Crippen LogP contribution in [0, 0.1) is 5.82 Å². The average molecular weight is 387 g/mol. The van der Waals surface area contributed by atoms with Gasteiger partial charge in [0.05, 0.1) is 0 Å². The van der Waals surface area contributed by atoms with Gasteiger partial charge in [-0.2, -0.15) is 0 Å². The van der Waals surface area contributed by atoms with Crippen molar-refractivity contribution in [2.75, 3.05) is 38.1 Å². The molecule has 1 saturated heterocycles. The molecule has 142 valence electrons. The third-order valence-corrected chi connectivity index (χ3v) is 5.75. The zero-order valence-corrected chi connectivity index (χ0v) is 16.1. The molecule has 3 heterocycles. The Kier molecular flexibility index (Phi) is 5.47. The van der Waals surface area contributed by atoms with Gasteiger partial charge in [0.1, 0.15) is 5.82 Å². The van der Waals surface area contributed by atoms with E-state index in [-0.39, 0.29) is 5.82 Å². The predicted octanol–water partition coefficient (Wildman–Crippen LogP) is 2.51.